The molecular formula is C19H25N3O2. The molecule has 4 rings (SSSR count). The average molecular weight is 327 g/mol. The Morgan fingerprint density at radius 1 is 1.12 bits per heavy atom. The van der Waals surface area contributed by atoms with Crippen molar-refractivity contribution in [1.29, 1.82) is 0 Å². The fourth-order valence-electron chi connectivity index (χ4n) is 3.76. The maximum Gasteiger partial charge on any atom is 0.110 e. The van der Waals surface area contributed by atoms with Crippen LogP contribution >= 0.6 is 0 Å². The SMILES string of the molecule is Cc1ncc(CN2CCO[C@@H]([C@@H]3CCCO3)C2)n1-c1ccccc1. The monoisotopic (exact) mass is 327 g/mol. The summed E-state index contributed by atoms with van der Waals surface area (Å²) in [4.78, 5) is 7.00. The van der Waals surface area contributed by atoms with E-state index < -0.39 is 0 Å². The van der Waals surface area contributed by atoms with Gasteiger partial charge in [0.25, 0.3) is 0 Å². The predicted molar refractivity (Wildman–Crippen MR) is 92.3 cm³/mol. The van der Waals surface area contributed by atoms with Gasteiger partial charge >= 0.3 is 0 Å². The second-order valence-electron chi connectivity index (χ2n) is 6.66. The van der Waals surface area contributed by atoms with Crippen LogP contribution in [0.25, 0.3) is 5.69 Å². The van der Waals surface area contributed by atoms with E-state index in [1.807, 2.05) is 12.3 Å². The van der Waals surface area contributed by atoms with Crippen LogP contribution in [-0.2, 0) is 16.0 Å². The minimum atomic E-state index is 0.204. The zero-order chi connectivity index (χ0) is 16.4. The lowest BCUT2D eigenvalue weighted by Crippen LogP contribution is -2.47. The first-order chi connectivity index (χ1) is 11.8. The van der Waals surface area contributed by atoms with Gasteiger partial charge in [0.1, 0.15) is 5.82 Å². The maximum atomic E-state index is 5.96. The Labute approximate surface area is 143 Å². The maximum absolute atomic E-state index is 5.96. The summed E-state index contributed by atoms with van der Waals surface area (Å²) in [7, 11) is 0. The predicted octanol–water partition coefficient (Wildman–Crippen LogP) is 2.56. The lowest BCUT2D eigenvalue weighted by Gasteiger charge is -2.35. The quantitative estimate of drug-likeness (QED) is 0.865. The highest BCUT2D eigenvalue weighted by Crippen LogP contribution is 2.23. The Balaban J connectivity index is 1.49. The molecule has 24 heavy (non-hydrogen) atoms. The molecule has 1 aromatic heterocycles. The van der Waals surface area contributed by atoms with E-state index in [0.29, 0.717) is 0 Å². The molecule has 0 aliphatic carbocycles. The van der Waals surface area contributed by atoms with Crippen molar-refractivity contribution in [2.75, 3.05) is 26.3 Å². The van der Waals surface area contributed by atoms with Crippen LogP contribution in [0.3, 0.4) is 0 Å². The third-order valence-electron chi connectivity index (χ3n) is 4.97. The molecule has 0 saturated carbocycles. The van der Waals surface area contributed by atoms with Gasteiger partial charge in [-0.3, -0.25) is 9.47 Å². The summed E-state index contributed by atoms with van der Waals surface area (Å²) in [5, 5.41) is 0. The molecule has 3 heterocycles. The van der Waals surface area contributed by atoms with Crippen molar-refractivity contribution < 1.29 is 9.47 Å². The highest BCUT2D eigenvalue weighted by atomic mass is 16.5. The van der Waals surface area contributed by atoms with Crippen LogP contribution in [0.15, 0.2) is 36.5 Å². The third-order valence-corrected chi connectivity index (χ3v) is 4.97. The van der Waals surface area contributed by atoms with Gasteiger partial charge in [-0.2, -0.15) is 0 Å². The topological polar surface area (TPSA) is 39.5 Å². The average Bonchev–Trinajstić information content (AvgIpc) is 3.26. The number of aromatic nitrogens is 2. The number of hydrogen-bond donors (Lipinski definition) is 0. The lowest BCUT2D eigenvalue weighted by atomic mass is 10.1. The van der Waals surface area contributed by atoms with Crippen molar-refractivity contribution in [3.63, 3.8) is 0 Å². The molecule has 2 aliphatic heterocycles. The minimum Gasteiger partial charge on any atom is -0.375 e. The van der Waals surface area contributed by atoms with Crippen molar-refractivity contribution >= 4 is 0 Å². The number of benzene rings is 1. The van der Waals surface area contributed by atoms with E-state index in [1.54, 1.807) is 0 Å². The molecule has 0 unspecified atom stereocenters. The molecule has 5 nitrogen and oxygen atoms in total. The van der Waals surface area contributed by atoms with E-state index in [4.69, 9.17) is 9.47 Å². The third kappa shape index (κ3) is 3.24. The van der Waals surface area contributed by atoms with Crippen LogP contribution in [-0.4, -0.2) is 53.0 Å². The van der Waals surface area contributed by atoms with Gasteiger partial charge < -0.3 is 9.47 Å². The van der Waals surface area contributed by atoms with Crippen LogP contribution in [0.5, 0.6) is 0 Å². The van der Waals surface area contributed by atoms with Crippen LogP contribution < -0.4 is 0 Å². The first kappa shape index (κ1) is 15.8. The molecule has 0 N–H and O–H groups in total. The lowest BCUT2D eigenvalue weighted by molar-refractivity contribution is -0.0962. The fourth-order valence-corrected chi connectivity index (χ4v) is 3.76. The summed E-state index contributed by atoms with van der Waals surface area (Å²) in [6.07, 6.45) is 4.76. The normalized spacial score (nSPS) is 25.2. The van der Waals surface area contributed by atoms with Crippen molar-refractivity contribution in [1.82, 2.24) is 14.5 Å². The second kappa shape index (κ2) is 7.05. The first-order valence-electron chi connectivity index (χ1n) is 8.85. The van der Waals surface area contributed by atoms with E-state index in [0.717, 1.165) is 51.5 Å². The number of hydrogen-bond acceptors (Lipinski definition) is 4. The molecule has 0 spiro atoms. The Morgan fingerprint density at radius 3 is 2.75 bits per heavy atom. The number of ether oxygens (including phenoxy) is 2. The van der Waals surface area contributed by atoms with Gasteiger partial charge in [0.15, 0.2) is 0 Å². The van der Waals surface area contributed by atoms with E-state index in [-0.39, 0.29) is 12.2 Å². The highest BCUT2D eigenvalue weighted by molar-refractivity contribution is 5.35. The number of para-hydroxylation sites is 1. The number of imidazole rings is 1. The number of morpholine rings is 1. The molecule has 2 atom stereocenters. The van der Waals surface area contributed by atoms with Crippen LogP contribution in [0, 0.1) is 6.92 Å². The molecule has 0 amide bonds. The summed E-state index contributed by atoms with van der Waals surface area (Å²) in [5.41, 5.74) is 2.40. The van der Waals surface area contributed by atoms with Gasteiger partial charge in [-0.15, -0.1) is 0 Å². The summed E-state index contributed by atoms with van der Waals surface area (Å²) in [5.74, 6) is 1.03. The molecule has 128 valence electrons. The second-order valence-corrected chi connectivity index (χ2v) is 6.66. The Hall–Kier alpha value is -1.69. The summed E-state index contributed by atoms with van der Waals surface area (Å²) < 4.78 is 14.0. The van der Waals surface area contributed by atoms with Crippen molar-refractivity contribution in [2.45, 2.75) is 38.5 Å². The molecule has 2 saturated heterocycles. The van der Waals surface area contributed by atoms with Gasteiger partial charge in [-0.05, 0) is 31.9 Å². The fraction of sp³-hybridized carbons (Fsp3) is 0.526. The van der Waals surface area contributed by atoms with Crippen molar-refractivity contribution in [3.8, 4) is 5.69 Å². The van der Waals surface area contributed by atoms with E-state index in [2.05, 4.69) is 45.6 Å². The summed E-state index contributed by atoms with van der Waals surface area (Å²) >= 11 is 0. The molecular weight excluding hydrogens is 302 g/mol. The van der Waals surface area contributed by atoms with Gasteiger partial charge in [0.05, 0.1) is 30.7 Å². The van der Waals surface area contributed by atoms with Gasteiger partial charge in [-0.25, -0.2) is 4.98 Å². The van der Waals surface area contributed by atoms with E-state index >= 15 is 0 Å². The molecule has 1 aromatic carbocycles. The van der Waals surface area contributed by atoms with Crippen LogP contribution in [0.4, 0.5) is 0 Å². The smallest absolute Gasteiger partial charge is 0.110 e. The first-order valence-corrected chi connectivity index (χ1v) is 8.85. The Morgan fingerprint density at radius 2 is 1.96 bits per heavy atom. The molecule has 2 aromatic rings. The highest BCUT2D eigenvalue weighted by Gasteiger charge is 2.31. The number of nitrogens with zero attached hydrogens (tertiary/aromatic N) is 3. The molecule has 2 fully saturated rings. The van der Waals surface area contributed by atoms with Gasteiger partial charge in [0.2, 0.25) is 0 Å². The summed E-state index contributed by atoms with van der Waals surface area (Å²) in [6.45, 7) is 6.51. The molecule has 0 radical (unpaired) electrons. The van der Waals surface area contributed by atoms with Gasteiger partial charge in [0, 0.05) is 31.9 Å². The standard InChI is InChI=1S/C19H25N3O2/c1-15-20-12-17(22(15)16-6-3-2-4-7-16)13-21-9-11-24-19(14-21)18-8-5-10-23-18/h2-4,6-7,12,18-19H,5,8-11,13-14H2,1H3/t18-,19+/m0/s1. The summed E-state index contributed by atoms with van der Waals surface area (Å²) in [6, 6.07) is 10.4. The zero-order valence-electron chi connectivity index (χ0n) is 14.2. The van der Waals surface area contributed by atoms with E-state index in [1.165, 1.54) is 11.4 Å². The molecule has 2 aliphatic rings. The van der Waals surface area contributed by atoms with Crippen molar-refractivity contribution in [2.24, 2.45) is 0 Å². The number of aryl methyl sites for hydroxylation is 1. The molecule has 5 heteroatoms. The Bertz CT molecular complexity index is 665. The number of rotatable bonds is 4. The van der Waals surface area contributed by atoms with Crippen LogP contribution in [0.1, 0.15) is 24.4 Å². The van der Waals surface area contributed by atoms with E-state index in [9.17, 15) is 0 Å². The van der Waals surface area contributed by atoms with Crippen molar-refractivity contribution in [3.05, 3.63) is 48.0 Å². The van der Waals surface area contributed by atoms with Crippen LogP contribution in [0.2, 0.25) is 0 Å². The van der Waals surface area contributed by atoms with Gasteiger partial charge in [-0.1, -0.05) is 18.2 Å². The molecule has 0 bridgehead atoms. The largest absolute Gasteiger partial charge is 0.375 e. The zero-order valence-corrected chi connectivity index (χ0v) is 14.2. The Kier molecular flexibility index (Phi) is 4.65. The minimum absolute atomic E-state index is 0.204.